The van der Waals surface area contributed by atoms with Crippen molar-refractivity contribution >= 4 is 77.5 Å². The Labute approximate surface area is 342 Å². The van der Waals surface area contributed by atoms with Gasteiger partial charge in [-0.3, -0.25) is 0 Å². The van der Waals surface area contributed by atoms with E-state index in [1.165, 1.54) is 49.0 Å². The van der Waals surface area contributed by atoms with Gasteiger partial charge >= 0.3 is 0 Å². The smallest absolute Gasteiger partial charge is 0.0542 e. The van der Waals surface area contributed by atoms with E-state index < -0.39 is 0 Å². The molecule has 0 saturated carbocycles. The molecular formula is C56H37N3. The molecule has 8 bridgehead atoms. The molecule has 0 atom stereocenters. The van der Waals surface area contributed by atoms with Gasteiger partial charge in [0.05, 0.1) is 16.7 Å². The second-order valence-electron chi connectivity index (χ2n) is 15.5. The average Bonchev–Trinajstić information content (AvgIpc) is 3.63. The lowest BCUT2D eigenvalue weighted by Gasteiger charge is -2.29. The van der Waals surface area contributed by atoms with Gasteiger partial charge in [0.15, 0.2) is 0 Å². The van der Waals surface area contributed by atoms with Crippen molar-refractivity contribution in [2.24, 2.45) is 0 Å². The molecule has 0 amide bonds. The van der Waals surface area contributed by atoms with E-state index in [4.69, 9.17) is 0 Å². The van der Waals surface area contributed by atoms with Crippen LogP contribution < -0.4 is 9.80 Å². The third-order valence-electron chi connectivity index (χ3n) is 12.0. The predicted molar refractivity (Wildman–Crippen MR) is 250 cm³/mol. The highest BCUT2D eigenvalue weighted by Crippen LogP contribution is 2.44. The molecule has 1 aliphatic rings. The molecule has 0 saturated heterocycles. The lowest BCUT2D eigenvalue weighted by atomic mass is 9.99. The first kappa shape index (κ1) is 33.3. The van der Waals surface area contributed by atoms with E-state index in [0.29, 0.717) is 0 Å². The molecule has 59 heavy (non-hydrogen) atoms. The van der Waals surface area contributed by atoms with Crippen molar-refractivity contribution < 1.29 is 0 Å². The summed E-state index contributed by atoms with van der Waals surface area (Å²) < 4.78 is 2.43. The Morgan fingerprint density at radius 1 is 0.237 bits per heavy atom. The van der Waals surface area contributed by atoms with E-state index in [0.717, 1.165) is 56.4 Å². The Hall–Kier alpha value is -7.88. The maximum absolute atomic E-state index is 2.43. The van der Waals surface area contributed by atoms with Gasteiger partial charge in [-0.05, 0) is 129 Å². The summed E-state index contributed by atoms with van der Waals surface area (Å²) in [7, 11) is 0. The summed E-state index contributed by atoms with van der Waals surface area (Å²) >= 11 is 0. The summed E-state index contributed by atoms with van der Waals surface area (Å²) in [6, 6.07) is 82.3. The van der Waals surface area contributed by atoms with Crippen LogP contribution in [-0.4, -0.2) is 4.57 Å². The summed E-state index contributed by atoms with van der Waals surface area (Å²) in [5, 5.41) is 7.36. The van der Waals surface area contributed by atoms with Crippen molar-refractivity contribution in [1.82, 2.24) is 4.57 Å². The van der Waals surface area contributed by atoms with Gasteiger partial charge in [-0.15, -0.1) is 0 Å². The highest BCUT2D eigenvalue weighted by atomic mass is 15.1. The van der Waals surface area contributed by atoms with Crippen molar-refractivity contribution in [2.75, 3.05) is 9.80 Å². The average molecular weight is 752 g/mol. The van der Waals surface area contributed by atoms with Crippen LogP contribution in [0.15, 0.2) is 224 Å². The molecule has 0 unspecified atom stereocenters. The van der Waals surface area contributed by atoms with E-state index in [-0.39, 0.29) is 0 Å². The van der Waals surface area contributed by atoms with Crippen LogP contribution >= 0.6 is 0 Å². The maximum atomic E-state index is 2.43. The van der Waals surface area contributed by atoms with Crippen LogP contribution in [-0.2, 0) is 0 Å². The zero-order valence-corrected chi connectivity index (χ0v) is 32.2. The molecule has 1 aliphatic heterocycles. The molecule has 11 aromatic rings. The molecule has 1 aromatic heterocycles. The molecule has 0 aliphatic carbocycles. The van der Waals surface area contributed by atoms with Crippen molar-refractivity contribution in [1.29, 1.82) is 0 Å². The first-order chi connectivity index (χ1) is 29.2. The van der Waals surface area contributed by atoms with Crippen LogP contribution in [0.1, 0.15) is 0 Å². The van der Waals surface area contributed by atoms with E-state index in [9.17, 15) is 0 Å². The second kappa shape index (κ2) is 13.4. The molecule has 3 nitrogen and oxygen atoms in total. The van der Waals surface area contributed by atoms with Crippen LogP contribution in [0.25, 0.3) is 71.3 Å². The number of rotatable bonds is 3. The normalized spacial score (nSPS) is 12.3. The number of nitrogens with zero attached hydrogens (tertiary/aromatic N) is 3. The molecule has 276 valence electrons. The van der Waals surface area contributed by atoms with Gasteiger partial charge in [0.2, 0.25) is 0 Å². The fourth-order valence-electron chi connectivity index (χ4n) is 9.27. The first-order valence-electron chi connectivity index (χ1n) is 20.3. The predicted octanol–water partition coefficient (Wildman–Crippen LogP) is 15.7. The van der Waals surface area contributed by atoms with E-state index in [2.05, 4.69) is 239 Å². The fraction of sp³-hybridized carbons (Fsp3) is 0. The van der Waals surface area contributed by atoms with Gasteiger partial charge in [-0.25, -0.2) is 0 Å². The summed E-state index contributed by atoms with van der Waals surface area (Å²) in [6.07, 6.45) is 0. The van der Waals surface area contributed by atoms with Crippen molar-refractivity contribution in [2.45, 2.75) is 0 Å². The molecule has 0 radical (unpaired) electrons. The highest BCUT2D eigenvalue weighted by molar-refractivity contribution is 6.12. The van der Waals surface area contributed by atoms with Crippen LogP contribution in [0.2, 0.25) is 0 Å². The summed E-state index contributed by atoms with van der Waals surface area (Å²) in [5.74, 6) is 0. The van der Waals surface area contributed by atoms with E-state index in [1.807, 2.05) is 0 Å². The van der Waals surface area contributed by atoms with E-state index >= 15 is 0 Å². The fourth-order valence-corrected chi connectivity index (χ4v) is 9.27. The lowest BCUT2D eigenvalue weighted by Crippen LogP contribution is -2.11. The number of para-hydroxylation sites is 1. The summed E-state index contributed by atoms with van der Waals surface area (Å²) in [5.41, 5.74) is 14.8. The summed E-state index contributed by atoms with van der Waals surface area (Å²) in [4.78, 5) is 4.80. The summed E-state index contributed by atoms with van der Waals surface area (Å²) in [6.45, 7) is 0. The molecule has 0 spiro atoms. The highest BCUT2D eigenvalue weighted by Gasteiger charge is 2.21. The van der Waals surface area contributed by atoms with Crippen LogP contribution in [0.5, 0.6) is 0 Å². The standard InChI is InChI=1S/C56H37N3/c1-2-14-40-32-49(29-28-38(40)12-1)57-45-20-7-16-41(33-45)43-18-9-22-47(35-43)58(48-23-10-19-44(36-48)42-17-8-21-46(57)34-42)50-30-31-56-53(37-50)52-25-5-6-26-55(52)59(56)54-27-11-15-39-13-3-4-24-51(39)54/h1-37H. The van der Waals surface area contributed by atoms with Crippen molar-refractivity contribution in [3.8, 4) is 27.9 Å². The SMILES string of the molecule is c1cc2cc(c1)N(c1ccc3ccccc3c1)c1cccc(c1)-c1cccc(c1)N(c1ccc3c(c1)c1ccccc1n3-c1cccc3ccccc13)c1cccc-2c1. The number of anilines is 6. The third-order valence-corrected chi connectivity index (χ3v) is 12.0. The van der Waals surface area contributed by atoms with Gasteiger partial charge in [-0.1, -0.05) is 133 Å². The molecule has 3 heteroatoms. The Morgan fingerprint density at radius 2 is 0.678 bits per heavy atom. The Bertz CT molecular complexity index is 3330. The van der Waals surface area contributed by atoms with Gasteiger partial charge in [0.25, 0.3) is 0 Å². The van der Waals surface area contributed by atoms with Crippen LogP contribution in [0.3, 0.4) is 0 Å². The van der Waals surface area contributed by atoms with Crippen LogP contribution in [0, 0.1) is 0 Å². The molecular weight excluding hydrogens is 715 g/mol. The molecule has 0 fully saturated rings. The quantitative estimate of drug-likeness (QED) is 0.178. The number of aromatic nitrogens is 1. The maximum Gasteiger partial charge on any atom is 0.0542 e. The Morgan fingerprint density at radius 3 is 1.31 bits per heavy atom. The van der Waals surface area contributed by atoms with Gasteiger partial charge in [0.1, 0.15) is 0 Å². The van der Waals surface area contributed by atoms with Crippen LogP contribution in [0.4, 0.5) is 34.1 Å². The minimum Gasteiger partial charge on any atom is -0.310 e. The van der Waals surface area contributed by atoms with Gasteiger partial charge in [-0.2, -0.15) is 0 Å². The number of benzene rings is 10. The van der Waals surface area contributed by atoms with Gasteiger partial charge in [0, 0.05) is 50.3 Å². The first-order valence-corrected chi connectivity index (χ1v) is 20.3. The molecule has 10 aromatic carbocycles. The molecule has 12 rings (SSSR count). The molecule has 0 N–H and O–H groups in total. The minimum absolute atomic E-state index is 1.10. The zero-order chi connectivity index (χ0) is 38.9. The lowest BCUT2D eigenvalue weighted by molar-refractivity contribution is 1.20. The van der Waals surface area contributed by atoms with Gasteiger partial charge < -0.3 is 14.4 Å². The van der Waals surface area contributed by atoms with Crippen molar-refractivity contribution in [3.05, 3.63) is 224 Å². The zero-order valence-electron chi connectivity index (χ0n) is 32.2. The Balaban J connectivity index is 1.07. The third kappa shape index (κ3) is 5.51. The Kier molecular flexibility index (Phi) is 7.54. The second-order valence-corrected chi connectivity index (χ2v) is 15.5. The number of hydrogen-bond donors (Lipinski definition) is 0. The number of hydrogen-bond acceptors (Lipinski definition) is 2. The van der Waals surface area contributed by atoms with E-state index in [1.54, 1.807) is 0 Å². The monoisotopic (exact) mass is 751 g/mol. The topological polar surface area (TPSA) is 11.4 Å². The number of fused-ring (bicyclic) bond motifs is 15. The minimum atomic E-state index is 1.10. The molecule has 2 heterocycles. The van der Waals surface area contributed by atoms with Crippen molar-refractivity contribution in [3.63, 3.8) is 0 Å². The largest absolute Gasteiger partial charge is 0.310 e.